The standard InChI is InChI=1S/C50H28N6OS/c51-29-30-11-9-16-35(27-30)31-21-23-34(24-22-31)48-54-47(33-14-5-2-6-15-33)55-50(56-48)38-18-10-19-41-43(38)39-28-36(25-26-40(39)57-41)49-52-44(32-12-3-1-4-13-32)46-45(53-49)37-17-7-8-20-42(37)58-46/h1-28H. The molecule has 0 spiro atoms. The van der Waals surface area contributed by atoms with E-state index in [4.69, 9.17) is 29.3 Å². The molecule has 0 aliphatic carbocycles. The van der Waals surface area contributed by atoms with E-state index >= 15 is 0 Å². The van der Waals surface area contributed by atoms with Crippen LogP contribution in [-0.2, 0) is 0 Å². The Labute approximate surface area is 336 Å². The number of furan rings is 1. The second-order valence-electron chi connectivity index (χ2n) is 14.0. The maximum absolute atomic E-state index is 9.44. The zero-order chi connectivity index (χ0) is 38.6. The normalized spacial score (nSPS) is 11.4. The summed E-state index contributed by atoms with van der Waals surface area (Å²) in [5.74, 6) is 2.28. The van der Waals surface area contributed by atoms with Crippen LogP contribution in [-0.4, -0.2) is 24.9 Å². The van der Waals surface area contributed by atoms with E-state index in [1.54, 1.807) is 17.4 Å². The highest BCUT2D eigenvalue weighted by atomic mass is 32.1. The van der Waals surface area contributed by atoms with Crippen molar-refractivity contribution >= 4 is 53.6 Å². The van der Waals surface area contributed by atoms with Crippen molar-refractivity contribution in [2.75, 3.05) is 0 Å². The van der Waals surface area contributed by atoms with E-state index in [9.17, 15) is 5.26 Å². The largest absolute Gasteiger partial charge is 0.456 e. The van der Waals surface area contributed by atoms with Crippen molar-refractivity contribution in [2.24, 2.45) is 0 Å². The van der Waals surface area contributed by atoms with Gasteiger partial charge in [-0.25, -0.2) is 24.9 Å². The lowest BCUT2D eigenvalue weighted by Crippen LogP contribution is -2.00. The molecule has 4 heterocycles. The van der Waals surface area contributed by atoms with Crippen LogP contribution in [0.3, 0.4) is 0 Å². The molecule has 7 nitrogen and oxygen atoms in total. The molecule has 0 fully saturated rings. The van der Waals surface area contributed by atoms with Crippen molar-refractivity contribution in [1.29, 1.82) is 5.26 Å². The Kier molecular flexibility index (Phi) is 7.91. The first-order valence-electron chi connectivity index (χ1n) is 18.8. The first-order valence-corrected chi connectivity index (χ1v) is 19.6. The third-order valence-electron chi connectivity index (χ3n) is 10.4. The molecule has 0 aliphatic heterocycles. The SMILES string of the molecule is N#Cc1cccc(-c2ccc(-c3nc(-c4ccccc4)nc(-c4cccc5oc6ccc(-c7nc(-c8ccccc8)c8sc9ccccc9c8n7)cc6c45)n3)cc2)c1. The van der Waals surface area contributed by atoms with Crippen LogP contribution in [0.4, 0.5) is 0 Å². The second-order valence-corrected chi connectivity index (χ2v) is 15.0. The number of thiophene rings is 1. The van der Waals surface area contributed by atoms with E-state index in [0.29, 0.717) is 28.9 Å². The molecular formula is C50H28N6OS. The van der Waals surface area contributed by atoms with Gasteiger partial charge >= 0.3 is 0 Å². The molecule has 4 aromatic heterocycles. The van der Waals surface area contributed by atoms with Gasteiger partial charge in [0.05, 0.1) is 27.5 Å². The van der Waals surface area contributed by atoms with E-state index < -0.39 is 0 Å². The van der Waals surface area contributed by atoms with Gasteiger partial charge in [0.1, 0.15) is 11.2 Å². The van der Waals surface area contributed by atoms with Crippen LogP contribution in [0.2, 0.25) is 0 Å². The smallest absolute Gasteiger partial charge is 0.164 e. The highest BCUT2D eigenvalue weighted by molar-refractivity contribution is 7.26. The fourth-order valence-electron chi connectivity index (χ4n) is 7.59. The molecule has 0 bridgehead atoms. The number of hydrogen-bond acceptors (Lipinski definition) is 8. The molecule has 0 N–H and O–H groups in total. The predicted molar refractivity (Wildman–Crippen MR) is 233 cm³/mol. The van der Waals surface area contributed by atoms with E-state index in [-0.39, 0.29) is 0 Å². The van der Waals surface area contributed by atoms with Crippen LogP contribution < -0.4 is 0 Å². The molecule has 0 atom stereocenters. The summed E-state index contributed by atoms with van der Waals surface area (Å²) >= 11 is 1.72. The summed E-state index contributed by atoms with van der Waals surface area (Å²) in [6.45, 7) is 0. The van der Waals surface area contributed by atoms with Gasteiger partial charge in [-0.1, -0.05) is 127 Å². The fraction of sp³-hybridized carbons (Fsp3) is 0. The van der Waals surface area contributed by atoms with Crippen molar-refractivity contribution in [3.63, 3.8) is 0 Å². The lowest BCUT2D eigenvalue weighted by molar-refractivity contribution is 0.669. The van der Waals surface area contributed by atoms with Crippen molar-refractivity contribution in [1.82, 2.24) is 24.9 Å². The van der Waals surface area contributed by atoms with Gasteiger partial charge in [-0.2, -0.15) is 5.26 Å². The van der Waals surface area contributed by atoms with Crippen molar-refractivity contribution in [3.8, 4) is 74.0 Å². The molecule has 0 saturated heterocycles. The lowest BCUT2D eigenvalue weighted by Gasteiger charge is -2.10. The maximum Gasteiger partial charge on any atom is 0.164 e. The molecule has 7 aromatic carbocycles. The molecule has 0 radical (unpaired) electrons. The number of rotatable bonds is 6. The highest BCUT2D eigenvalue weighted by Crippen LogP contribution is 2.41. The Morgan fingerprint density at radius 2 is 1.09 bits per heavy atom. The van der Waals surface area contributed by atoms with Crippen LogP contribution in [0, 0.1) is 11.3 Å². The van der Waals surface area contributed by atoms with Gasteiger partial charge in [0.15, 0.2) is 23.3 Å². The highest BCUT2D eigenvalue weighted by Gasteiger charge is 2.21. The molecule has 11 aromatic rings. The molecule has 8 heteroatoms. The average molecular weight is 761 g/mol. The van der Waals surface area contributed by atoms with Crippen LogP contribution in [0.15, 0.2) is 174 Å². The summed E-state index contributed by atoms with van der Waals surface area (Å²) in [6, 6.07) is 58.7. The van der Waals surface area contributed by atoms with Gasteiger partial charge in [0.2, 0.25) is 0 Å². The van der Waals surface area contributed by atoms with Gasteiger partial charge < -0.3 is 4.42 Å². The van der Waals surface area contributed by atoms with Crippen LogP contribution in [0.5, 0.6) is 0 Å². The summed E-state index contributed by atoms with van der Waals surface area (Å²) in [7, 11) is 0. The first-order chi connectivity index (χ1) is 28.7. The zero-order valence-electron chi connectivity index (χ0n) is 30.7. The van der Waals surface area contributed by atoms with Gasteiger partial charge in [-0.3, -0.25) is 0 Å². The molecule has 11 rings (SSSR count). The minimum Gasteiger partial charge on any atom is -0.456 e. The van der Waals surface area contributed by atoms with E-state index in [1.807, 2.05) is 121 Å². The van der Waals surface area contributed by atoms with Gasteiger partial charge in [0.25, 0.3) is 0 Å². The third-order valence-corrected chi connectivity index (χ3v) is 11.6. The van der Waals surface area contributed by atoms with Crippen LogP contribution in [0.25, 0.3) is 110 Å². The molecule has 58 heavy (non-hydrogen) atoms. The van der Waals surface area contributed by atoms with Crippen LogP contribution in [0.1, 0.15) is 5.56 Å². The average Bonchev–Trinajstić information content (AvgIpc) is 3.87. The molecule has 270 valence electrons. The number of fused-ring (bicyclic) bond motifs is 6. The number of benzene rings is 7. The Morgan fingerprint density at radius 1 is 0.448 bits per heavy atom. The molecular weight excluding hydrogens is 733 g/mol. The Hall–Kier alpha value is -7.86. The maximum atomic E-state index is 9.44. The fourth-order valence-corrected chi connectivity index (χ4v) is 8.74. The van der Waals surface area contributed by atoms with E-state index in [0.717, 1.165) is 82.2 Å². The van der Waals surface area contributed by atoms with Gasteiger partial charge in [-0.05, 0) is 53.6 Å². The second kappa shape index (κ2) is 13.7. The Bertz CT molecular complexity index is 3410. The Balaban J connectivity index is 1.08. The topological polar surface area (TPSA) is 101 Å². The number of hydrogen-bond donors (Lipinski definition) is 0. The minimum absolute atomic E-state index is 0.530. The molecule has 0 aliphatic rings. The van der Waals surface area contributed by atoms with Crippen molar-refractivity contribution in [3.05, 3.63) is 175 Å². The Morgan fingerprint density at radius 3 is 1.88 bits per heavy atom. The summed E-state index contributed by atoms with van der Waals surface area (Å²) < 4.78 is 8.73. The van der Waals surface area contributed by atoms with Crippen molar-refractivity contribution in [2.45, 2.75) is 0 Å². The van der Waals surface area contributed by atoms with Gasteiger partial charge in [0, 0.05) is 48.7 Å². The molecule has 0 saturated carbocycles. The number of nitriles is 1. The predicted octanol–water partition coefficient (Wildman–Crippen LogP) is 12.8. The monoisotopic (exact) mass is 760 g/mol. The van der Waals surface area contributed by atoms with E-state index in [1.165, 1.54) is 4.70 Å². The summed E-state index contributed by atoms with van der Waals surface area (Å²) in [6.07, 6.45) is 0. The van der Waals surface area contributed by atoms with E-state index in [2.05, 4.69) is 48.5 Å². The third kappa shape index (κ3) is 5.77. The number of aromatic nitrogens is 5. The molecule has 0 amide bonds. The van der Waals surface area contributed by atoms with Crippen molar-refractivity contribution < 1.29 is 4.42 Å². The summed E-state index contributed by atoms with van der Waals surface area (Å²) in [4.78, 5) is 25.6. The number of nitrogens with zero attached hydrogens (tertiary/aromatic N) is 6. The minimum atomic E-state index is 0.530. The zero-order valence-corrected chi connectivity index (χ0v) is 31.5. The van der Waals surface area contributed by atoms with Gasteiger partial charge in [-0.15, -0.1) is 11.3 Å². The summed E-state index contributed by atoms with van der Waals surface area (Å²) in [5.41, 5.74) is 10.4. The summed E-state index contributed by atoms with van der Waals surface area (Å²) in [5, 5.41) is 12.4. The quantitative estimate of drug-likeness (QED) is 0.166. The molecule has 0 unspecified atom stereocenters. The van der Waals surface area contributed by atoms with Crippen LogP contribution >= 0.6 is 11.3 Å². The lowest BCUT2D eigenvalue weighted by atomic mass is 10.0. The first kappa shape index (κ1) is 33.5.